The Labute approximate surface area is 107 Å². The van der Waals surface area contributed by atoms with Gasteiger partial charge in [0, 0.05) is 24.0 Å². The van der Waals surface area contributed by atoms with Crippen molar-refractivity contribution in [3.63, 3.8) is 0 Å². The van der Waals surface area contributed by atoms with Crippen molar-refractivity contribution < 1.29 is 9.90 Å². The minimum absolute atomic E-state index is 0.178. The number of piperidine rings is 1. The summed E-state index contributed by atoms with van der Waals surface area (Å²) in [4.78, 5) is 13.2. The highest BCUT2D eigenvalue weighted by atomic mass is 16.4. The van der Waals surface area contributed by atoms with Crippen molar-refractivity contribution in [3.8, 4) is 0 Å². The molecule has 18 heavy (non-hydrogen) atoms. The number of anilines is 2. The molecular formula is C14H20N2O2. The van der Waals surface area contributed by atoms with E-state index >= 15 is 0 Å². The summed E-state index contributed by atoms with van der Waals surface area (Å²) >= 11 is 0. The summed E-state index contributed by atoms with van der Waals surface area (Å²) in [7, 11) is 0. The highest BCUT2D eigenvalue weighted by molar-refractivity contribution is 5.94. The fraction of sp³-hybridized carbons (Fsp3) is 0.500. The molecule has 0 aliphatic carbocycles. The van der Waals surface area contributed by atoms with Crippen LogP contribution in [0.2, 0.25) is 0 Å². The Hall–Kier alpha value is -1.71. The molecule has 1 heterocycles. The Kier molecular flexibility index (Phi) is 3.45. The van der Waals surface area contributed by atoms with Crippen LogP contribution in [0.4, 0.5) is 11.4 Å². The van der Waals surface area contributed by atoms with Crippen LogP contribution >= 0.6 is 0 Å². The number of rotatable bonds is 2. The standard InChI is InChI=1S/C14H20N2O2/c1-9-5-6-16(10(2)7-9)11-3-4-12(14(17)18)13(15)8-11/h3-4,8-10H,5-7,15H2,1-2H3,(H,17,18). The topological polar surface area (TPSA) is 66.6 Å². The minimum Gasteiger partial charge on any atom is -0.478 e. The molecule has 2 atom stereocenters. The van der Waals surface area contributed by atoms with Crippen LogP contribution in [0.15, 0.2) is 18.2 Å². The van der Waals surface area contributed by atoms with E-state index in [0.29, 0.717) is 11.7 Å². The fourth-order valence-electron chi connectivity index (χ4n) is 2.71. The van der Waals surface area contributed by atoms with Crippen molar-refractivity contribution in [1.29, 1.82) is 0 Å². The van der Waals surface area contributed by atoms with E-state index in [4.69, 9.17) is 10.8 Å². The molecule has 1 aliphatic heterocycles. The maximum absolute atomic E-state index is 10.9. The van der Waals surface area contributed by atoms with Crippen LogP contribution in [0.25, 0.3) is 0 Å². The number of hydrogen-bond donors (Lipinski definition) is 2. The largest absolute Gasteiger partial charge is 0.478 e. The molecule has 4 nitrogen and oxygen atoms in total. The van der Waals surface area contributed by atoms with Crippen LogP contribution in [0.3, 0.4) is 0 Å². The lowest BCUT2D eigenvalue weighted by atomic mass is 9.93. The zero-order valence-electron chi connectivity index (χ0n) is 10.9. The molecule has 0 saturated carbocycles. The number of hydrogen-bond acceptors (Lipinski definition) is 3. The average molecular weight is 248 g/mol. The monoisotopic (exact) mass is 248 g/mol. The lowest BCUT2D eigenvalue weighted by molar-refractivity contribution is 0.0698. The minimum atomic E-state index is -0.973. The number of aromatic carboxylic acids is 1. The first-order chi connectivity index (χ1) is 8.49. The van der Waals surface area contributed by atoms with Gasteiger partial charge in [-0.25, -0.2) is 4.79 Å². The zero-order valence-corrected chi connectivity index (χ0v) is 10.9. The normalized spacial score (nSPS) is 24.0. The molecule has 0 spiro atoms. The van der Waals surface area contributed by atoms with Gasteiger partial charge in [0.15, 0.2) is 0 Å². The van der Waals surface area contributed by atoms with Crippen LogP contribution in [-0.4, -0.2) is 23.7 Å². The van der Waals surface area contributed by atoms with E-state index < -0.39 is 5.97 Å². The van der Waals surface area contributed by atoms with Gasteiger partial charge in [-0.15, -0.1) is 0 Å². The van der Waals surface area contributed by atoms with Gasteiger partial charge in [-0.1, -0.05) is 6.92 Å². The number of nitrogens with zero attached hydrogens (tertiary/aromatic N) is 1. The number of carbonyl (C=O) groups is 1. The van der Waals surface area contributed by atoms with E-state index in [-0.39, 0.29) is 5.56 Å². The molecule has 1 fully saturated rings. The van der Waals surface area contributed by atoms with Gasteiger partial charge in [0.05, 0.1) is 5.56 Å². The average Bonchev–Trinajstić information content (AvgIpc) is 2.28. The summed E-state index contributed by atoms with van der Waals surface area (Å²) in [5.41, 5.74) is 7.34. The van der Waals surface area contributed by atoms with Crippen molar-refractivity contribution in [2.24, 2.45) is 5.92 Å². The molecule has 1 aromatic carbocycles. The third kappa shape index (κ3) is 2.42. The van der Waals surface area contributed by atoms with Gasteiger partial charge < -0.3 is 15.7 Å². The summed E-state index contributed by atoms with van der Waals surface area (Å²) in [6.07, 6.45) is 2.34. The predicted octanol–water partition coefficient (Wildman–Crippen LogP) is 2.59. The second-order valence-corrected chi connectivity index (χ2v) is 5.25. The summed E-state index contributed by atoms with van der Waals surface area (Å²) in [6, 6.07) is 5.70. The van der Waals surface area contributed by atoms with Crippen molar-refractivity contribution >= 4 is 17.3 Å². The third-order valence-corrected chi connectivity index (χ3v) is 3.74. The van der Waals surface area contributed by atoms with Crippen LogP contribution < -0.4 is 10.6 Å². The number of nitrogen functional groups attached to an aromatic ring is 1. The summed E-state index contributed by atoms with van der Waals surface area (Å²) < 4.78 is 0. The second-order valence-electron chi connectivity index (χ2n) is 5.25. The Bertz CT molecular complexity index is 459. The molecule has 4 heteroatoms. The highest BCUT2D eigenvalue weighted by Gasteiger charge is 2.23. The summed E-state index contributed by atoms with van der Waals surface area (Å²) in [5.74, 6) is -0.216. The van der Waals surface area contributed by atoms with E-state index in [1.807, 2.05) is 6.07 Å². The zero-order chi connectivity index (χ0) is 13.3. The highest BCUT2D eigenvalue weighted by Crippen LogP contribution is 2.29. The lowest BCUT2D eigenvalue weighted by Crippen LogP contribution is -2.40. The molecule has 0 bridgehead atoms. The molecule has 0 aromatic heterocycles. The smallest absolute Gasteiger partial charge is 0.337 e. The fourth-order valence-corrected chi connectivity index (χ4v) is 2.71. The number of carboxylic acids is 1. The van der Waals surface area contributed by atoms with Gasteiger partial charge in [-0.2, -0.15) is 0 Å². The first-order valence-corrected chi connectivity index (χ1v) is 6.38. The van der Waals surface area contributed by atoms with E-state index in [2.05, 4.69) is 18.7 Å². The first kappa shape index (κ1) is 12.7. The Morgan fingerprint density at radius 2 is 2.17 bits per heavy atom. The lowest BCUT2D eigenvalue weighted by Gasteiger charge is -2.38. The van der Waals surface area contributed by atoms with Crippen molar-refractivity contribution in [3.05, 3.63) is 23.8 Å². The SMILES string of the molecule is CC1CCN(c2ccc(C(=O)O)c(N)c2)C(C)C1. The Morgan fingerprint density at radius 3 is 2.72 bits per heavy atom. The second kappa shape index (κ2) is 4.88. The van der Waals surface area contributed by atoms with Crippen LogP contribution in [-0.2, 0) is 0 Å². The molecule has 0 radical (unpaired) electrons. The molecule has 2 unspecified atom stereocenters. The van der Waals surface area contributed by atoms with Crippen molar-refractivity contribution in [1.82, 2.24) is 0 Å². The van der Waals surface area contributed by atoms with Gasteiger partial charge in [0.1, 0.15) is 0 Å². The van der Waals surface area contributed by atoms with Gasteiger partial charge in [0.25, 0.3) is 0 Å². The van der Waals surface area contributed by atoms with E-state index in [9.17, 15) is 4.79 Å². The van der Waals surface area contributed by atoms with Gasteiger partial charge >= 0.3 is 5.97 Å². The quantitative estimate of drug-likeness (QED) is 0.789. The summed E-state index contributed by atoms with van der Waals surface area (Å²) in [6.45, 7) is 5.49. The van der Waals surface area contributed by atoms with Crippen LogP contribution in [0, 0.1) is 5.92 Å². The molecule has 3 N–H and O–H groups in total. The molecule has 1 saturated heterocycles. The van der Waals surface area contributed by atoms with Crippen molar-refractivity contribution in [2.75, 3.05) is 17.2 Å². The molecular weight excluding hydrogens is 228 g/mol. The molecule has 0 amide bonds. The molecule has 2 rings (SSSR count). The number of nitrogens with two attached hydrogens (primary N) is 1. The molecule has 1 aromatic rings. The van der Waals surface area contributed by atoms with Crippen LogP contribution in [0.5, 0.6) is 0 Å². The molecule has 1 aliphatic rings. The van der Waals surface area contributed by atoms with Gasteiger partial charge in [0.2, 0.25) is 0 Å². The Balaban J connectivity index is 2.24. The van der Waals surface area contributed by atoms with Gasteiger partial charge in [-0.05, 0) is 43.9 Å². The summed E-state index contributed by atoms with van der Waals surface area (Å²) in [5, 5.41) is 8.96. The Morgan fingerprint density at radius 1 is 1.44 bits per heavy atom. The molecule has 98 valence electrons. The van der Waals surface area contributed by atoms with E-state index in [0.717, 1.165) is 18.2 Å². The van der Waals surface area contributed by atoms with Crippen LogP contribution in [0.1, 0.15) is 37.0 Å². The van der Waals surface area contributed by atoms with E-state index in [1.165, 1.54) is 12.8 Å². The van der Waals surface area contributed by atoms with Crippen molar-refractivity contribution in [2.45, 2.75) is 32.7 Å². The van der Waals surface area contributed by atoms with Gasteiger partial charge in [-0.3, -0.25) is 0 Å². The predicted molar refractivity (Wildman–Crippen MR) is 73.0 cm³/mol. The number of benzene rings is 1. The third-order valence-electron chi connectivity index (χ3n) is 3.74. The van der Waals surface area contributed by atoms with E-state index in [1.54, 1.807) is 12.1 Å². The first-order valence-electron chi connectivity index (χ1n) is 6.38. The number of carboxylic acid groups (broad SMARTS) is 1. The maximum Gasteiger partial charge on any atom is 0.337 e. The maximum atomic E-state index is 10.9.